The maximum atomic E-state index is 12.3. The van der Waals surface area contributed by atoms with E-state index in [1.54, 1.807) is 0 Å². The van der Waals surface area contributed by atoms with E-state index >= 15 is 0 Å². The van der Waals surface area contributed by atoms with E-state index < -0.39 is 0 Å². The van der Waals surface area contributed by atoms with Gasteiger partial charge in [-0.05, 0) is 45.5 Å². The molecule has 0 fully saturated rings. The van der Waals surface area contributed by atoms with Crippen molar-refractivity contribution in [2.75, 3.05) is 0 Å². The number of carbonyl (C=O) groups excluding carboxylic acids is 1. The minimum absolute atomic E-state index is 0.0383. The number of hydrogen-bond donors (Lipinski definition) is 1. The first-order valence-electron chi connectivity index (χ1n) is 8.30. The molecule has 0 spiro atoms. The molecule has 0 atom stereocenters. The molecule has 3 aromatic rings. The molecule has 0 bridgehead atoms. The zero-order chi connectivity index (χ0) is 17.2. The smallest absolute Gasteiger partial charge is 0.251 e. The van der Waals surface area contributed by atoms with E-state index in [1.807, 2.05) is 36.4 Å². The fraction of sp³-hybridized carbons (Fsp3) is 0.227. The first-order chi connectivity index (χ1) is 11.4. The van der Waals surface area contributed by atoms with E-state index in [0.717, 1.165) is 5.56 Å². The van der Waals surface area contributed by atoms with Crippen LogP contribution in [0, 0.1) is 0 Å². The van der Waals surface area contributed by atoms with Gasteiger partial charge in [0.05, 0.1) is 0 Å². The molecular weight excluding hydrogens is 294 g/mol. The van der Waals surface area contributed by atoms with Gasteiger partial charge in [-0.15, -0.1) is 0 Å². The molecule has 3 rings (SSSR count). The summed E-state index contributed by atoms with van der Waals surface area (Å²) >= 11 is 0. The highest BCUT2D eigenvalue weighted by atomic mass is 16.1. The van der Waals surface area contributed by atoms with E-state index in [1.165, 1.54) is 16.3 Å². The van der Waals surface area contributed by atoms with Crippen molar-refractivity contribution in [2.45, 2.75) is 32.7 Å². The van der Waals surface area contributed by atoms with Crippen LogP contribution in [-0.4, -0.2) is 5.91 Å². The van der Waals surface area contributed by atoms with E-state index in [0.29, 0.717) is 12.1 Å². The molecule has 0 saturated carbocycles. The van der Waals surface area contributed by atoms with Crippen molar-refractivity contribution in [3.8, 4) is 0 Å². The molecule has 0 unspecified atom stereocenters. The number of benzene rings is 3. The van der Waals surface area contributed by atoms with Gasteiger partial charge in [0.25, 0.3) is 5.91 Å². The third-order valence-electron chi connectivity index (χ3n) is 4.28. The van der Waals surface area contributed by atoms with Gasteiger partial charge in [-0.25, -0.2) is 0 Å². The largest absolute Gasteiger partial charge is 0.348 e. The minimum Gasteiger partial charge on any atom is -0.348 e. The van der Waals surface area contributed by atoms with Crippen LogP contribution in [0.1, 0.15) is 42.3 Å². The average molecular weight is 317 g/mol. The van der Waals surface area contributed by atoms with Crippen LogP contribution >= 0.6 is 0 Å². The molecule has 0 aliphatic heterocycles. The second kappa shape index (κ2) is 6.48. The summed E-state index contributed by atoms with van der Waals surface area (Å²) in [5, 5.41) is 5.41. The van der Waals surface area contributed by atoms with E-state index in [2.05, 4.69) is 56.4 Å². The van der Waals surface area contributed by atoms with Gasteiger partial charge in [0.15, 0.2) is 0 Å². The molecule has 0 aliphatic rings. The summed E-state index contributed by atoms with van der Waals surface area (Å²) in [5.74, 6) is -0.0383. The van der Waals surface area contributed by atoms with Crippen LogP contribution in [-0.2, 0) is 12.0 Å². The van der Waals surface area contributed by atoms with E-state index in [4.69, 9.17) is 0 Å². The fourth-order valence-corrected chi connectivity index (χ4v) is 2.75. The standard InChI is InChI=1S/C22H23NO/c1-22(2,3)20-12-10-18(11-13-20)21(24)23-15-16-8-9-17-6-4-5-7-19(17)14-16/h4-14H,15H2,1-3H3,(H,23,24). The van der Waals surface area contributed by atoms with Gasteiger partial charge in [-0.3, -0.25) is 4.79 Å². The first-order valence-corrected chi connectivity index (χ1v) is 8.30. The van der Waals surface area contributed by atoms with Crippen molar-refractivity contribution >= 4 is 16.7 Å². The number of amides is 1. The zero-order valence-corrected chi connectivity index (χ0v) is 14.5. The van der Waals surface area contributed by atoms with Crippen LogP contribution in [0.2, 0.25) is 0 Å². The zero-order valence-electron chi connectivity index (χ0n) is 14.5. The highest BCUT2D eigenvalue weighted by molar-refractivity contribution is 5.94. The topological polar surface area (TPSA) is 29.1 Å². The second-order valence-corrected chi connectivity index (χ2v) is 7.19. The van der Waals surface area contributed by atoms with Crippen molar-refractivity contribution < 1.29 is 4.79 Å². The average Bonchev–Trinajstić information content (AvgIpc) is 2.59. The van der Waals surface area contributed by atoms with Crippen LogP contribution in [0.5, 0.6) is 0 Å². The van der Waals surface area contributed by atoms with Crippen LogP contribution < -0.4 is 5.32 Å². The van der Waals surface area contributed by atoms with E-state index in [9.17, 15) is 4.79 Å². The predicted octanol–water partition coefficient (Wildman–Crippen LogP) is 5.07. The van der Waals surface area contributed by atoms with Gasteiger partial charge < -0.3 is 5.32 Å². The van der Waals surface area contributed by atoms with Crippen molar-refractivity contribution in [1.82, 2.24) is 5.32 Å². The molecule has 1 N–H and O–H groups in total. The molecule has 0 aromatic heterocycles. The van der Waals surface area contributed by atoms with Gasteiger partial charge in [0, 0.05) is 12.1 Å². The summed E-state index contributed by atoms with van der Waals surface area (Å²) in [5.41, 5.74) is 3.13. The summed E-state index contributed by atoms with van der Waals surface area (Å²) < 4.78 is 0. The molecule has 2 nitrogen and oxygen atoms in total. The number of nitrogens with one attached hydrogen (secondary N) is 1. The van der Waals surface area contributed by atoms with Crippen molar-refractivity contribution in [2.24, 2.45) is 0 Å². The van der Waals surface area contributed by atoms with Crippen LogP contribution in [0.15, 0.2) is 66.7 Å². The SMILES string of the molecule is CC(C)(C)c1ccc(C(=O)NCc2ccc3ccccc3c2)cc1. The number of carbonyl (C=O) groups is 1. The molecule has 2 heteroatoms. The van der Waals surface area contributed by atoms with Gasteiger partial charge in [0.1, 0.15) is 0 Å². The third-order valence-corrected chi connectivity index (χ3v) is 4.28. The molecule has 1 amide bonds. The summed E-state index contributed by atoms with van der Waals surface area (Å²) in [6.07, 6.45) is 0. The molecular formula is C22H23NO. The Bertz CT molecular complexity index is 857. The molecule has 3 aromatic carbocycles. The van der Waals surface area contributed by atoms with Crippen molar-refractivity contribution in [3.63, 3.8) is 0 Å². The Kier molecular flexibility index (Phi) is 4.39. The predicted molar refractivity (Wildman–Crippen MR) is 100 cm³/mol. The quantitative estimate of drug-likeness (QED) is 0.718. The Morgan fingerprint density at radius 2 is 1.54 bits per heavy atom. The molecule has 0 heterocycles. The Labute approximate surface area is 143 Å². The Morgan fingerprint density at radius 3 is 2.21 bits per heavy atom. The molecule has 122 valence electrons. The van der Waals surface area contributed by atoms with Crippen molar-refractivity contribution in [3.05, 3.63) is 83.4 Å². The van der Waals surface area contributed by atoms with E-state index in [-0.39, 0.29) is 11.3 Å². The fourth-order valence-electron chi connectivity index (χ4n) is 2.75. The lowest BCUT2D eigenvalue weighted by Crippen LogP contribution is -2.23. The first kappa shape index (κ1) is 16.3. The summed E-state index contributed by atoms with van der Waals surface area (Å²) in [6.45, 7) is 7.04. The minimum atomic E-state index is -0.0383. The lowest BCUT2D eigenvalue weighted by atomic mass is 9.87. The Morgan fingerprint density at radius 1 is 0.875 bits per heavy atom. The van der Waals surface area contributed by atoms with Crippen molar-refractivity contribution in [1.29, 1.82) is 0 Å². The Hall–Kier alpha value is -2.61. The third kappa shape index (κ3) is 3.65. The van der Waals surface area contributed by atoms with Crippen LogP contribution in [0.3, 0.4) is 0 Å². The summed E-state index contributed by atoms with van der Waals surface area (Å²) in [6, 6.07) is 22.4. The van der Waals surface area contributed by atoms with Gasteiger partial charge in [-0.1, -0.05) is 69.3 Å². The highest BCUT2D eigenvalue weighted by Crippen LogP contribution is 2.22. The Balaban J connectivity index is 1.68. The molecule has 0 radical (unpaired) electrons. The maximum Gasteiger partial charge on any atom is 0.251 e. The van der Waals surface area contributed by atoms with Crippen LogP contribution in [0.25, 0.3) is 10.8 Å². The lowest BCUT2D eigenvalue weighted by Gasteiger charge is -2.19. The number of rotatable bonds is 3. The molecule has 24 heavy (non-hydrogen) atoms. The number of hydrogen-bond acceptors (Lipinski definition) is 1. The lowest BCUT2D eigenvalue weighted by molar-refractivity contribution is 0.0951. The molecule has 0 saturated heterocycles. The van der Waals surface area contributed by atoms with Gasteiger partial charge in [-0.2, -0.15) is 0 Å². The maximum absolute atomic E-state index is 12.3. The number of fused-ring (bicyclic) bond motifs is 1. The highest BCUT2D eigenvalue weighted by Gasteiger charge is 2.14. The van der Waals surface area contributed by atoms with Gasteiger partial charge >= 0.3 is 0 Å². The van der Waals surface area contributed by atoms with Crippen LogP contribution in [0.4, 0.5) is 0 Å². The van der Waals surface area contributed by atoms with Gasteiger partial charge in [0.2, 0.25) is 0 Å². The summed E-state index contributed by atoms with van der Waals surface area (Å²) in [4.78, 5) is 12.3. The molecule has 0 aliphatic carbocycles. The monoisotopic (exact) mass is 317 g/mol. The second-order valence-electron chi connectivity index (χ2n) is 7.19. The normalized spacial score (nSPS) is 11.5. The summed E-state index contributed by atoms with van der Waals surface area (Å²) in [7, 11) is 0.